The molecule has 0 atom stereocenters. The van der Waals surface area contributed by atoms with Gasteiger partial charge in [0.05, 0.1) is 3.79 Å². The van der Waals surface area contributed by atoms with Crippen LogP contribution in [0.2, 0.25) is 0 Å². The Labute approximate surface area is 117 Å². The van der Waals surface area contributed by atoms with Gasteiger partial charge in [-0.15, -0.1) is 11.3 Å². The summed E-state index contributed by atoms with van der Waals surface area (Å²) in [7, 11) is 1.99. The lowest BCUT2D eigenvalue weighted by molar-refractivity contribution is 0.335. The Balaban J connectivity index is 2.61. The molecule has 0 saturated heterocycles. The van der Waals surface area contributed by atoms with Crippen LogP contribution in [0, 0.1) is 0 Å². The van der Waals surface area contributed by atoms with Crippen LogP contribution in [0.5, 0.6) is 0 Å². The van der Waals surface area contributed by atoms with Gasteiger partial charge in [0.25, 0.3) is 0 Å². The van der Waals surface area contributed by atoms with Crippen LogP contribution in [0.1, 0.15) is 32.6 Å². The highest BCUT2D eigenvalue weighted by Crippen LogP contribution is 2.32. The predicted molar refractivity (Wildman–Crippen MR) is 81.1 cm³/mol. The third kappa shape index (κ3) is 4.70. The van der Waals surface area contributed by atoms with Crippen LogP contribution < -0.4 is 10.6 Å². The number of hydrogen-bond donors (Lipinski definition) is 2. The zero-order valence-corrected chi connectivity index (χ0v) is 13.8. The highest BCUT2D eigenvalue weighted by Gasteiger charge is 2.26. The molecule has 0 aliphatic rings. The second-order valence-electron chi connectivity index (χ2n) is 5.76. The molecule has 0 aromatic carbocycles. The van der Waals surface area contributed by atoms with Gasteiger partial charge in [-0.05, 0) is 49.0 Å². The molecule has 0 bridgehead atoms. The number of likely N-dealkylation sites (N-methyl/N-ethyl adjacent to an activating group) is 1. The van der Waals surface area contributed by atoms with E-state index >= 15 is 0 Å². The summed E-state index contributed by atoms with van der Waals surface area (Å²) in [6.07, 6.45) is 0. The zero-order valence-electron chi connectivity index (χ0n) is 11.4. The van der Waals surface area contributed by atoms with Crippen LogP contribution in [0.15, 0.2) is 15.9 Å². The van der Waals surface area contributed by atoms with Gasteiger partial charge in [0.15, 0.2) is 0 Å². The zero-order chi connectivity index (χ0) is 13.1. The van der Waals surface area contributed by atoms with E-state index in [1.54, 1.807) is 0 Å². The van der Waals surface area contributed by atoms with Crippen molar-refractivity contribution in [2.75, 3.05) is 20.1 Å². The van der Waals surface area contributed by atoms with Gasteiger partial charge < -0.3 is 10.6 Å². The van der Waals surface area contributed by atoms with Crippen molar-refractivity contribution in [3.05, 3.63) is 20.8 Å². The molecule has 0 fully saturated rings. The van der Waals surface area contributed by atoms with E-state index in [1.807, 2.05) is 18.4 Å². The fourth-order valence-corrected chi connectivity index (χ4v) is 3.22. The Kier molecular flexibility index (Phi) is 5.20. The first-order valence-electron chi connectivity index (χ1n) is 5.92. The highest BCUT2D eigenvalue weighted by atomic mass is 79.9. The summed E-state index contributed by atoms with van der Waals surface area (Å²) >= 11 is 5.35. The Morgan fingerprint density at radius 1 is 1.18 bits per heavy atom. The van der Waals surface area contributed by atoms with Crippen LogP contribution in [0.25, 0.3) is 0 Å². The van der Waals surface area contributed by atoms with Crippen molar-refractivity contribution in [2.45, 2.75) is 38.6 Å². The number of halogens is 1. The molecule has 2 nitrogen and oxygen atoms in total. The predicted octanol–water partition coefficient (Wildman–Crippen LogP) is 3.38. The number of rotatable bonds is 6. The lowest BCUT2D eigenvalue weighted by Gasteiger charge is -2.32. The Hall–Kier alpha value is 0.1000. The van der Waals surface area contributed by atoms with Crippen molar-refractivity contribution in [3.63, 3.8) is 0 Å². The van der Waals surface area contributed by atoms with E-state index in [-0.39, 0.29) is 11.0 Å². The van der Waals surface area contributed by atoms with E-state index in [2.05, 4.69) is 66.4 Å². The standard InChI is InChI=1S/C13H23BrN2S/c1-12(2,10-6-7-11(14)17-10)8-16-13(3,4)9-15-5/h6-7,15-16H,8-9H2,1-5H3. The molecule has 0 aliphatic carbocycles. The van der Waals surface area contributed by atoms with E-state index in [0.29, 0.717) is 0 Å². The molecule has 4 heteroatoms. The molecule has 0 amide bonds. The summed E-state index contributed by atoms with van der Waals surface area (Å²) in [6.45, 7) is 11.0. The van der Waals surface area contributed by atoms with E-state index in [1.165, 1.54) is 8.66 Å². The molecule has 0 unspecified atom stereocenters. The molecule has 1 aromatic rings. The smallest absolute Gasteiger partial charge is 0.0701 e. The lowest BCUT2D eigenvalue weighted by Crippen LogP contribution is -2.50. The highest BCUT2D eigenvalue weighted by molar-refractivity contribution is 9.11. The second kappa shape index (κ2) is 5.83. The van der Waals surface area contributed by atoms with E-state index < -0.39 is 0 Å². The van der Waals surface area contributed by atoms with Crippen LogP contribution in [0.3, 0.4) is 0 Å². The van der Waals surface area contributed by atoms with Gasteiger partial charge in [-0.3, -0.25) is 0 Å². The van der Waals surface area contributed by atoms with Gasteiger partial charge >= 0.3 is 0 Å². The maximum atomic E-state index is 3.64. The Morgan fingerprint density at radius 2 is 1.82 bits per heavy atom. The van der Waals surface area contributed by atoms with E-state index in [4.69, 9.17) is 0 Å². The first kappa shape index (κ1) is 15.2. The molecule has 1 aromatic heterocycles. The number of nitrogens with one attached hydrogen (secondary N) is 2. The fourth-order valence-electron chi connectivity index (χ4n) is 1.73. The van der Waals surface area contributed by atoms with Gasteiger partial charge in [0.2, 0.25) is 0 Å². The van der Waals surface area contributed by atoms with Gasteiger partial charge in [0, 0.05) is 28.9 Å². The Bertz CT molecular complexity index is 358. The van der Waals surface area contributed by atoms with Crippen molar-refractivity contribution >= 4 is 27.3 Å². The molecule has 0 radical (unpaired) electrons. The summed E-state index contributed by atoms with van der Waals surface area (Å²) < 4.78 is 1.20. The minimum Gasteiger partial charge on any atom is -0.318 e. The normalized spacial score (nSPS) is 13.1. The molecule has 0 saturated carbocycles. The van der Waals surface area contributed by atoms with Crippen LogP contribution in [0.4, 0.5) is 0 Å². The summed E-state index contributed by atoms with van der Waals surface area (Å²) in [5, 5.41) is 6.86. The van der Waals surface area contributed by atoms with Crippen molar-refractivity contribution in [1.82, 2.24) is 10.6 Å². The first-order chi connectivity index (χ1) is 7.77. The SMILES string of the molecule is CNCC(C)(C)NCC(C)(C)c1ccc(Br)s1. The fraction of sp³-hybridized carbons (Fsp3) is 0.692. The summed E-state index contributed by atoms with van der Waals surface area (Å²) in [6, 6.07) is 4.34. The minimum absolute atomic E-state index is 0.126. The summed E-state index contributed by atoms with van der Waals surface area (Å²) in [4.78, 5) is 1.41. The summed E-state index contributed by atoms with van der Waals surface area (Å²) in [5.41, 5.74) is 0.294. The van der Waals surface area contributed by atoms with Crippen LogP contribution >= 0.6 is 27.3 Å². The first-order valence-corrected chi connectivity index (χ1v) is 7.53. The van der Waals surface area contributed by atoms with Crippen molar-refractivity contribution in [3.8, 4) is 0 Å². The maximum absolute atomic E-state index is 3.64. The average molecular weight is 319 g/mol. The van der Waals surface area contributed by atoms with Crippen molar-refractivity contribution < 1.29 is 0 Å². The molecule has 0 spiro atoms. The van der Waals surface area contributed by atoms with Gasteiger partial charge in [-0.25, -0.2) is 0 Å². The van der Waals surface area contributed by atoms with Crippen LogP contribution in [-0.2, 0) is 5.41 Å². The van der Waals surface area contributed by atoms with Gasteiger partial charge in [0.1, 0.15) is 0 Å². The van der Waals surface area contributed by atoms with E-state index in [0.717, 1.165) is 13.1 Å². The topological polar surface area (TPSA) is 24.1 Å². The van der Waals surface area contributed by atoms with Gasteiger partial charge in [-0.2, -0.15) is 0 Å². The molecule has 17 heavy (non-hydrogen) atoms. The number of hydrogen-bond acceptors (Lipinski definition) is 3. The van der Waals surface area contributed by atoms with Crippen molar-refractivity contribution in [1.29, 1.82) is 0 Å². The summed E-state index contributed by atoms with van der Waals surface area (Å²) in [5.74, 6) is 0. The monoisotopic (exact) mass is 318 g/mol. The Morgan fingerprint density at radius 3 is 2.29 bits per heavy atom. The third-order valence-corrected chi connectivity index (χ3v) is 4.86. The molecule has 1 heterocycles. The minimum atomic E-state index is 0.126. The quantitative estimate of drug-likeness (QED) is 0.840. The average Bonchev–Trinajstić information content (AvgIpc) is 2.63. The molecule has 0 aliphatic heterocycles. The largest absolute Gasteiger partial charge is 0.318 e. The maximum Gasteiger partial charge on any atom is 0.0701 e. The number of thiophene rings is 1. The van der Waals surface area contributed by atoms with Crippen LogP contribution in [-0.4, -0.2) is 25.7 Å². The van der Waals surface area contributed by atoms with Gasteiger partial charge in [-0.1, -0.05) is 13.8 Å². The molecule has 2 N–H and O–H groups in total. The van der Waals surface area contributed by atoms with Crippen molar-refractivity contribution in [2.24, 2.45) is 0 Å². The molecule has 98 valence electrons. The second-order valence-corrected chi connectivity index (χ2v) is 8.22. The van der Waals surface area contributed by atoms with E-state index in [9.17, 15) is 0 Å². The molecular formula is C13H23BrN2S. The third-order valence-electron chi connectivity index (χ3n) is 2.87. The molecule has 1 rings (SSSR count). The lowest BCUT2D eigenvalue weighted by atomic mass is 9.90. The molecular weight excluding hydrogens is 296 g/mol.